The van der Waals surface area contributed by atoms with Crippen LogP contribution in [0, 0.1) is 0 Å². The van der Waals surface area contributed by atoms with Gasteiger partial charge in [-0.1, -0.05) is 54.6 Å². The molecule has 1 aromatic heterocycles. The molecule has 0 radical (unpaired) electrons. The highest BCUT2D eigenvalue weighted by Gasteiger charge is 2.29. The van der Waals surface area contributed by atoms with E-state index in [9.17, 15) is 0 Å². The SMILES string of the molecule is CCOc1ccc([C@@H]2C[C@H](c3ccc(OCc4ccccc4)cc3)n3ncnc3N2)cc1. The fourth-order valence-electron chi connectivity index (χ4n) is 4.11. The molecule has 1 aliphatic rings. The smallest absolute Gasteiger partial charge is 0.222 e. The van der Waals surface area contributed by atoms with Crippen molar-refractivity contribution in [3.05, 3.63) is 102 Å². The summed E-state index contributed by atoms with van der Waals surface area (Å²) in [5, 5.41) is 7.99. The van der Waals surface area contributed by atoms with Crippen LogP contribution in [0.1, 0.15) is 42.1 Å². The van der Waals surface area contributed by atoms with Crippen molar-refractivity contribution in [1.82, 2.24) is 14.8 Å². The molecule has 162 valence electrons. The molecule has 0 spiro atoms. The van der Waals surface area contributed by atoms with Gasteiger partial charge in [-0.3, -0.25) is 0 Å². The molecule has 0 aliphatic carbocycles. The summed E-state index contributed by atoms with van der Waals surface area (Å²) in [5.41, 5.74) is 3.54. The van der Waals surface area contributed by atoms with Crippen LogP contribution in [0.5, 0.6) is 11.5 Å². The number of ether oxygens (including phenoxy) is 2. The Hall–Kier alpha value is -3.80. The van der Waals surface area contributed by atoms with E-state index >= 15 is 0 Å². The topological polar surface area (TPSA) is 61.2 Å². The maximum absolute atomic E-state index is 5.95. The highest BCUT2D eigenvalue weighted by atomic mass is 16.5. The molecule has 2 atom stereocenters. The Bertz CT molecular complexity index is 1140. The van der Waals surface area contributed by atoms with Crippen LogP contribution in [0.4, 0.5) is 5.95 Å². The molecule has 0 bridgehead atoms. The van der Waals surface area contributed by atoms with Crippen molar-refractivity contribution in [2.24, 2.45) is 0 Å². The Kier molecular flexibility index (Phi) is 5.75. The molecular weight excluding hydrogens is 400 g/mol. The quantitative estimate of drug-likeness (QED) is 0.429. The van der Waals surface area contributed by atoms with E-state index in [1.807, 2.05) is 54.1 Å². The molecule has 0 amide bonds. The minimum atomic E-state index is 0.0912. The molecule has 32 heavy (non-hydrogen) atoms. The Labute approximate surface area is 187 Å². The lowest BCUT2D eigenvalue weighted by Crippen LogP contribution is -2.28. The summed E-state index contributed by atoms with van der Waals surface area (Å²) in [6.07, 6.45) is 2.47. The van der Waals surface area contributed by atoms with E-state index in [1.165, 1.54) is 11.1 Å². The van der Waals surface area contributed by atoms with Gasteiger partial charge in [-0.2, -0.15) is 10.1 Å². The number of benzene rings is 3. The summed E-state index contributed by atoms with van der Waals surface area (Å²) < 4.78 is 13.5. The maximum Gasteiger partial charge on any atom is 0.222 e. The average Bonchev–Trinajstić information content (AvgIpc) is 3.33. The van der Waals surface area contributed by atoms with Gasteiger partial charge in [0.05, 0.1) is 18.7 Å². The van der Waals surface area contributed by atoms with Crippen LogP contribution in [0.3, 0.4) is 0 Å². The zero-order chi connectivity index (χ0) is 21.8. The molecule has 4 aromatic rings. The van der Waals surface area contributed by atoms with Crippen molar-refractivity contribution < 1.29 is 9.47 Å². The number of nitrogens with one attached hydrogen (secondary N) is 1. The van der Waals surface area contributed by atoms with Crippen molar-refractivity contribution in [3.63, 3.8) is 0 Å². The first-order chi connectivity index (χ1) is 15.8. The number of rotatable bonds is 7. The first kappa shape index (κ1) is 20.1. The van der Waals surface area contributed by atoms with Crippen LogP contribution in [0.2, 0.25) is 0 Å². The third-order valence-corrected chi connectivity index (χ3v) is 5.74. The second-order valence-electron chi connectivity index (χ2n) is 7.82. The normalized spacial score (nSPS) is 17.3. The van der Waals surface area contributed by atoms with E-state index in [-0.39, 0.29) is 12.1 Å². The van der Waals surface area contributed by atoms with E-state index in [1.54, 1.807) is 6.33 Å². The van der Waals surface area contributed by atoms with E-state index in [0.29, 0.717) is 13.2 Å². The summed E-state index contributed by atoms with van der Waals surface area (Å²) in [4.78, 5) is 4.43. The molecule has 3 aromatic carbocycles. The summed E-state index contributed by atoms with van der Waals surface area (Å²) in [5.74, 6) is 2.52. The fourth-order valence-corrected chi connectivity index (χ4v) is 4.11. The maximum atomic E-state index is 5.95. The summed E-state index contributed by atoms with van der Waals surface area (Å²) in [6.45, 7) is 3.21. The predicted octanol–water partition coefficient (Wildman–Crippen LogP) is 5.40. The van der Waals surface area contributed by atoms with Crippen molar-refractivity contribution in [3.8, 4) is 11.5 Å². The van der Waals surface area contributed by atoms with Gasteiger partial charge in [0.2, 0.25) is 5.95 Å². The number of hydrogen-bond acceptors (Lipinski definition) is 5. The van der Waals surface area contributed by atoms with Gasteiger partial charge in [0.1, 0.15) is 24.4 Å². The second-order valence-corrected chi connectivity index (χ2v) is 7.82. The number of fused-ring (bicyclic) bond motifs is 1. The first-order valence-electron chi connectivity index (χ1n) is 11.0. The van der Waals surface area contributed by atoms with Crippen molar-refractivity contribution >= 4 is 5.95 Å². The molecule has 6 nitrogen and oxygen atoms in total. The third kappa shape index (κ3) is 4.30. The second kappa shape index (κ2) is 9.14. The minimum Gasteiger partial charge on any atom is -0.494 e. The lowest BCUT2D eigenvalue weighted by Gasteiger charge is -2.32. The minimum absolute atomic E-state index is 0.0912. The standard InChI is InChI=1S/C26H26N4O2/c1-2-31-22-12-8-20(9-13-22)24-16-25(30-26(29-24)27-18-28-30)21-10-14-23(15-11-21)32-17-19-6-4-3-5-7-19/h3-15,18,24-25H,2,16-17H2,1H3,(H,27,28,29)/t24-,25+/m0/s1. The molecule has 1 aliphatic heterocycles. The van der Waals surface area contributed by atoms with Crippen molar-refractivity contribution in [2.45, 2.75) is 32.0 Å². The largest absolute Gasteiger partial charge is 0.494 e. The zero-order valence-corrected chi connectivity index (χ0v) is 18.0. The Morgan fingerprint density at radius 1 is 0.875 bits per heavy atom. The molecule has 0 fully saturated rings. The van der Waals surface area contributed by atoms with Gasteiger partial charge in [-0.25, -0.2) is 4.68 Å². The Morgan fingerprint density at radius 2 is 1.56 bits per heavy atom. The van der Waals surface area contributed by atoms with Gasteiger partial charge < -0.3 is 14.8 Å². The highest BCUT2D eigenvalue weighted by Crippen LogP contribution is 2.38. The van der Waals surface area contributed by atoms with Gasteiger partial charge in [-0.05, 0) is 54.3 Å². The van der Waals surface area contributed by atoms with E-state index in [4.69, 9.17) is 9.47 Å². The van der Waals surface area contributed by atoms with E-state index in [0.717, 1.165) is 29.4 Å². The molecular formula is C26H26N4O2. The highest BCUT2D eigenvalue weighted by molar-refractivity contribution is 5.40. The molecule has 2 heterocycles. The van der Waals surface area contributed by atoms with Crippen molar-refractivity contribution in [1.29, 1.82) is 0 Å². The van der Waals surface area contributed by atoms with Crippen LogP contribution in [0.25, 0.3) is 0 Å². The van der Waals surface area contributed by atoms with E-state index < -0.39 is 0 Å². The lowest BCUT2D eigenvalue weighted by molar-refractivity contribution is 0.306. The predicted molar refractivity (Wildman–Crippen MR) is 124 cm³/mol. The average molecular weight is 427 g/mol. The molecule has 5 rings (SSSR count). The van der Waals surface area contributed by atoms with Gasteiger partial charge in [0.25, 0.3) is 0 Å². The van der Waals surface area contributed by atoms with Crippen LogP contribution < -0.4 is 14.8 Å². The summed E-state index contributed by atoms with van der Waals surface area (Å²) in [6, 6.07) is 27.0. The molecule has 6 heteroatoms. The van der Waals surface area contributed by atoms with Crippen LogP contribution >= 0.6 is 0 Å². The number of anilines is 1. The fraction of sp³-hybridized carbons (Fsp3) is 0.231. The zero-order valence-electron chi connectivity index (χ0n) is 18.0. The summed E-state index contributed by atoms with van der Waals surface area (Å²) in [7, 11) is 0. The van der Waals surface area contributed by atoms with Gasteiger partial charge in [0, 0.05) is 0 Å². The monoisotopic (exact) mass is 426 g/mol. The molecule has 1 N–H and O–H groups in total. The van der Waals surface area contributed by atoms with Crippen LogP contribution in [-0.2, 0) is 6.61 Å². The number of aromatic nitrogens is 3. The summed E-state index contributed by atoms with van der Waals surface area (Å²) >= 11 is 0. The van der Waals surface area contributed by atoms with Gasteiger partial charge >= 0.3 is 0 Å². The third-order valence-electron chi connectivity index (χ3n) is 5.74. The molecule has 0 saturated carbocycles. The lowest BCUT2D eigenvalue weighted by atomic mass is 9.93. The van der Waals surface area contributed by atoms with Gasteiger partial charge in [0.15, 0.2) is 0 Å². The Balaban J connectivity index is 1.33. The van der Waals surface area contributed by atoms with Crippen molar-refractivity contribution in [2.75, 3.05) is 11.9 Å². The van der Waals surface area contributed by atoms with Gasteiger partial charge in [-0.15, -0.1) is 0 Å². The first-order valence-corrected chi connectivity index (χ1v) is 11.0. The molecule has 0 unspecified atom stereocenters. The Morgan fingerprint density at radius 3 is 2.28 bits per heavy atom. The van der Waals surface area contributed by atoms with Crippen LogP contribution in [-0.4, -0.2) is 21.4 Å². The number of hydrogen-bond donors (Lipinski definition) is 1. The van der Waals surface area contributed by atoms with Crippen LogP contribution in [0.15, 0.2) is 85.2 Å². The number of nitrogens with zero attached hydrogens (tertiary/aromatic N) is 3. The molecule has 0 saturated heterocycles. The van der Waals surface area contributed by atoms with E-state index in [2.05, 4.69) is 51.8 Å².